The Morgan fingerprint density at radius 2 is 1.63 bits per heavy atom. The molecule has 2 N–H and O–H groups in total. The van der Waals surface area contributed by atoms with Crippen LogP contribution in [-0.4, -0.2) is 53.8 Å². The maximum absolute atomic E-state index is 14.1. The van der Waals surface area contributed by atoms with Gasteiger partial charge < -0.3 is 20.1 Å². The lowest BCUT2D eigenvalue weighted by molar-refractivity contribution is -0.275. The Balaban J connectivity index is 1.38. The van der Waals surface area contributed by atoms with Crippen LogP contribution in [0.3, 0.4) is 0 Å². The smallest absolute Gasteiger partial charge is 0.424 e. The fraction of sp³-hybridized carbons (Fsp3) is 0.269. The number of nitrogens with zero attached hydrogens (tertiary/aromatic N) is 3. The van der Waals surface area contributed by atoms with Crippen molar-refractivity contribution in [3.05, 3.63) is 84.6 Å². The molecule has 4 aromatic rings. The molecule has 6 nitrogen and oxygen atoms in total. The molecule has 0 radical (unpaired) electrons. The van der Waals surface area contributed by atoms with Gasteiger partial charge in [0.1, 0.15) is 12.4 Å². The van der Waals surface area contributed by atoms with Gasteiger partial charge in [-0.2, -0.15) is 18.3 Å². The Hall–Kier alpha value is -3.56. The van der Waals surface area contributed by atoms with Crippen LogP contribution in [0.25, 0.3) is 16.6 Å². The van der Waals surface area contributed by atoms with E-state index < -0.39 is 18.4 Å². The number of anilines is 1. The number of aromatic nitrogens is 2. The van der Waals surface area contributed by atoms with Gasteiger partial charge in [-0.3, -0.25) is 0 Å². The molecular weight excluding hydrogens is 457 g/mol. The van der Waals surface area contributed by atoms with E-state index in [1.807, 2.05) is 42.5 Å². The molecule has 35 heavy (non-hydrogen) atoms. The molecule has 1 aliphatic heterocycles. The van der Waals surface area contributed by atoms with Gasteiger partial charge in [0.15, 0.2) is 0 Å². The molecule has 2 heterocycles. The molecule has 1 fully saturated rings. The fourth-order valence-electron chi connectivity index (χ4n) is 4.26. The molecule has 1 atom stereocenters. The van der Waals surface area contributed by atoms with Gasteiger partial charge in [-0.1, -0.05) is 24.3 Å². The molecule has 3 aromatic carbocycles. The van der Waals surface area contributed by atoms with E-state index in [-0.39, 0.29) is 11.3 Å². The number of alkyl halides is 3. The summed E-state index contributed by atoms with van der Waals surface area (Å²) in [5, 5.41) is 18.9. The van der Waals surface area contributed by atoms with Crippen molar-refractivity contribution in [3.63, 3.8) is 0 Å². The van der Waals surface area contributed by atoms with E-state index in [4.69, 9.17) is 4.74 Å². The molecule has 1 unspecified atom stereocenters. The second-order valence-electron chi connectivity index (χ2n) is 8.54. The minimum Gasteiger partial charge on any atom is -0.490 e. The van der Waals surface area contributed by atoms with E-state index in [0.717, 1.165) is 37.6 Å². The van der Waals surface area contributed by atoms with E-state index in [1.54, 1.807) is 16.8 Å². The number of aliphatic hydroxyl groups is 1. The summed E-state index contributed by atoms with van der Waals surface area (Å²) >= 11 is 0. The second kappa shape index (κ2) is 9.24. The third-order valence-electron chi connectivity index (χ3n) is 6.28. The predicted octanol–water partition coefficient (Wildman–Crippen LogP) is 4.26. The number of rotatable bonds is 6. The van der Waals surface area contributed by atoms with Crippen LogP contribution in [0.15, 0.2) is 79.0 Å². The summed E-state index contributed by atoms with van der Waals surface area (Å²) in [5.41, 5.74) is -1.09. The maximum Gasteiger partial charge on any atom is 0.424 e. The quantitative estimate of drug-likeness (QED) is 0.430. The van der Waals surface area contributed by atoms with Crippen molar-refractivity contribution in [3.8, 4) is 11.4 Å². The number of ether oxygens (including phenoxy) is 1. The minimum atomic E-state index is -4.95. The third-order valence-corrected chi connectivity index (χ3v) is 6.28. The topological polar surface area (TPSA) is 62.6 Å². The van der Waals surface area contributed by atoms with Gasteiger partial charge in [0.05, 0.1) is 17.4 Å². The zero-order chi connectivity index (χ0) is 24.5. The molecule has 5 rings (SSSR count). The van der Waals surface area contributed by atoms with Gasteiger partial charge in [0.2, 0.25) is 5.60 Å². The zero-order valence-corrected chi connectivity index (χ0v) is 18.9. The lowest BCUT2D eigenvalue weighted by Crippen LogP contribution is -2.47. The van der Waals surface area contributed by atoms with Crippen LogP contribution in [0.2, 0.25) is 0 Å². The van der Waals surface area contributed by atoms with Gasteiger partial charge in [0, 0.05) is 37.3 Å². The zero-order valence-electron chi connectivity index (χ0n) is 18.9. The van der Waals surface area contributed by atoms with Crippen molar-refractivity contribution in [2.45, 2.75) is 11.8 Å². The van der Waals surface area contributed by atoms with Crippen LogP contribution < -0.4 is 15.0 Å². The molecule has 1 aromatic heterocycles. The van der Waals surface area contributed by atoms with Crippen molar-refractivity contribution in [1.29, 1.82) is 0 Å². The van der Waals surface area contributed by atoms with Gasteiger partial charge in [0.25, 0.3) is 0 Å². The van der Waals surface area contributed by atoms with Crippen molar-refractivity contribution in [2.24, 2.45) is 0 Å². The first-order valence-corrected chi connectivity index (χ1v) is 11.4. The highest BCUT2D eigenvalue weighted by molar-refractivity contribution is 5.81. The standard InChI is InChI=1S/C26H25F3N4O2/c27-26(28,29)25(34,18-35-23-9-7-21(8-10-23)32-14-12-30-13-15-32)20-6-11-24-19(16-20)17-31-33(24)22-4-2-1-3-5-22/h1-11,16-17,30,34H,12-15,18H2. The molecule has 0 bridgehead atoms. The maximum atomic E-state index is 14.1. The predicted molar refractivity (Wildman–Crippen MR) is 128 cm³/mol. The number of hydrogen-bond donors (Lipinski definition) is 2. The average molecular weight is 483 g/mol. The number of piperazine rings is 1. The number of hydrogen-bond acceptors (Lipinski definition) is 5. The van der Waals surface area contributed by atoms with Gasteiger partial charge >= 0.3 is 6.18 Å². The van der Waals surface area contributed by atoms with Crippen molar-refractivity contribution >= 4 is 16.6 Å². The Labute approximate surface area is 200 Å². The number of benzene rings is 3. The molecule has 1 saturated heterocycles. The van der Waals surface area contributed by atoms with Crippen LogP contribution in [-0.2, 0) is 5.60 Å². The molecule has 1 aliphatic rings. The first-order chi connectivity index (χ1) is 16.8. The molecule has 0 aliphatic carbocycles. The normalized spacial score (nSPS) is 16.3. The van der Waals surface area contributed by atoms with Crippen molar-refractivity contribution in [1.82, 2.24) is 15.1 Å². The average Bonchev–Trinajstić information content (AvgIpc) is 3.31. The molecule has 0 amide bonds. The Kier molecular flexibility index (Phi) is 6.12. The SMILES string of the molecule is OC(COc1ccc(N2CCNCC2)cc1)(c1ccc2c(cnn2-c2ccccc2)c1)C(F)(F)F. The summed E-state index contributed by atoms with van der Waals surface area (Å²) in [6, 6.07) is 20.3. The van der Waals surface area contributed by atoms with Crippen LogP contribution >= 0.6 is 0 Å². The molecule has 0 saturated carbocycles. The lowest BCUT2D eigenvalue weighted by Gasteiger charge is -2.31. The largest absolute Gasteiger partial charge is 0.490 e. The Morgan fingerprint density at radius 1 is 0.914 bits per heavy atom. The van der Waals surface area contributed by atoms with Gasteiger partial charge in [-0.25, -0.2) is 4.68 Å². The van der Waals surface area contributed by atoms with Crippen molar-refractivity contribution < 1.29 is 23.0 Å². The Bertz CT molecular complexity index is 1290. The van der Waals surface area contributed by atoms with E-state index in [9.17, 15) is 18.3 Å². The van der Waals surface area contributed by atoms with Gasteiger partial charge in [-0.15, -0.1) is 0 Å². The summed E-state index contributed by atoms with van der Waals surface area (Å²) in [6.07, 6.45) is -3.46. The second-order valence-corrected chi connectivity index (χ2v) is 8.54. The first-order valence-electron chi connectivity index (χ1n) is 11.4. The number of nitrogens with one attached hydrogen (secondary N) is 1. The number of para-hydroxylation sites is 1. The first kappa shape index (κ1) is 23.2. The van der Waals surface area contributed by atoms with E-state index in [0.29, 0.717) is 10.9 Å². The van der Waals surface area contributed by atoms with E-state index in [2.05, 4.69) is 15.3 Å². The Morgan fingerprint density at radius 3 is 2.31 bits per heavy atom. The monoisotopic (exact) mass is 482 g/mol. The van der Waals surface area contributed by atoms with E-state index in [1.165, 1.54) is 24.4 Å². The fourth-order valence-corrected chi connectivity index (χ4v) is 4.26. The van der Waals surface area contributed by atoms with E-state index >= 15 is 0 Å². The summed E-state index contributed by atoms with van der Waals surface area (Å²) in [4.78, 5) is 2.19. The number of fused-ring (bicyclic) bond motifs is 1. The summed E-state index contributed by atoms with van der Waals surface area (Å²) in [5.74, 6) is 0.254. The number of halogens is 3. The highest BCUT2D eigenvalue weighted by atomic mass is 19.4. The molecule has 182 valence electrons. The van der Waals surface area contributed by atoms with Crippen molar-refractivity contribution in [2.75, 3.05) is 37.7 Å². The third kappa shape index (κ3) is 4.56. The molecule has 9 heteroatoms. The minimum absolute atomic E-state index is 0.254. The van der Waals surface area contributed by atoms with Crippen LogP contribution in [0, 0.1) is 0 Å². The lowest BCUT2D eigenvalue weighted by atomic mass is 9.93. The molecular formula is C26H25F3N4O2. The van der Waals surface area contributed by atoms with Gasteiger partial charge in [-0.05, 0) is 54.1 Å². The van der Waals surface area contributed by atoms with Crippen LogP contribution in [0.5, 0.6) is 5.75 Å². The highest BCUT2D eigenvalue weighted by Gasteiger charge is 2.56. The summed E-state index contributed by atoms with van der Waals surface area (Å²) < 4.78 is 49.4. The summed E-state index contributed by atoms with van der Waals surface area (Å²) in [6.45, 7) is 2.51. The highest BCUT2D eigenvalue weighted by Crippen LogP contribution is 2.40. The summed E-state index contributed by atoms with van der Waals surface area (Å²) in [7, 11) is 0. The van der Waals surface area contributed by atoms with Crippen LogP contribution in [0.4, 0.5) is 18.9 Å². The molecule has 0 spiro atoms. The van der Waals surface area contributed by atoms with Crippen LogP contribution in [0.1, 0.15) is 5.56 Å².